The number of nitrogens with zero attached hydrogens (tertiary/aromatic N) is 2. The van der Waals surface area contributed by atoms with E-state index in [9.17, 15) is 9.59 Å². The molecule has 5 nitrogen and oxygen atoms in total. The number of piperazine rings is 1. The molecule has 0 aromatic carbocycles. The van der Waals surface area contributed by atoms with Crippen molar-refractivity contribution in [3.63, 3.8) is 0 Å². The summed E-state index contributed by atoms with van der Waals surface area (Å²) in [4.78, 5) is 26.5. The summed E-state index contributed by atoms with van der Waals surface area (Å²) >= 11 is 0. The van der Waals surface area contributed by atoms with Gasteiger partial charge in [-0.25, -0.2) is 4.79 Å². The van der Waals surface area contributed by atoms with E-state index < -0.39 is 0 Å². The lowest BCUT2D eigenvalue weighted by atomic mass is 10.3. The highest BCUT2D eigenvalue weighted by Gasteiger charge is 2.26. The third kappa shape index (κ3) is 3.25. The number of amides is 3. The van der Waals surface area contributed by atoms with Crippen molar-refractivity contribution < 1.29 is 9.59 Å². The Labute approximate surface area is 96.1 Å². The molecular formula is C11H19N3O2. The van der Waals surface area contributed by atoms with Gasteiger partial charge in [0.05, 0.1) is 0 Å². The van der Waals surface area contributed by atoms with Crippen molar-refractivity contribution in [2.45, 2.75) is 19.9 Å². The molecule has 90 valence electrons. The van der Waals surface area contributed by atoms with Gasteiger partial charge in [-0.2, -0.15) is 0 Å². The van der Waals surface area contributed by atoms with E-state index in [-0.39, 0.29) is 24.5 Å². The molecule has 1 fully saturated rings. The van der Waals surface area contributed by atoms with Gasteiger partial charge >= 0.3 is 6.03 Å². The van der Waals surface area contributed by atoms with E-state index in [1.54, 1.807) is 15.9 Å². The highest BCUT2D eigenvalue weighted by Crippen LogP contribution is 2.03. The van der Waals surface area contributed by atoms with Gasteiger partial charge in [-0.05, 0) is 13.8 Å². The largest absolute Gasteiger partial charge is 0.336 e. The van der Waals surface area contributed by atoms with E-state index in [1.165, 1.54) is 0 Å². The van der Waals surface area contributed by atoms with Crippen LogP contribution in [-0.4, -0.2) is 54.0 Å². The second-order valence-electron chi connectivity index (χ2n) is 4.15. The minimum Gasteiger partial charge on any atom is -0.336 e. The van der Waals surface area contributed by atoms with Gasteiger partial charge < -0.3 is 15.1 Å². The number of rotatable bonds is 3. The predicted octanol–water partition coefficient (Wildman–Crippen LogP) is 0.435. The first-order chi connectivity index (χ1) is 7.54. The van der Waals surface area contributed by atoms with Crippen LogP contribution in [0.25, 0.3) is 0 Å². The zero-order valence-electron chi connectivity index (χ0n) is 9.90. The van der Waals surface area contributed by atoms with Crippen molar-refractivity contribution in [2.75, 3.05) is 26.2 Å². The quantitative estimate of drug-likeness (QED) is 0.708. The maximum Gasteiger partial charge on any atom is 0.318 e. The summed E-state index contributed by atoms with van der Waals surface area (Å²) in [5, 5.41) is 2.78. The van der Waals surface area contributed by atoms with Crippen LogP contribution < -0.4 is 5.32 Å². The highest BCUT2D eigenvalue weighted by molar-refractivity contribution is 5.85. The molecule has 3 amide bonds. The van der Waals surface area contributed by atoms with Crippen LogP contribution in [0.3, 0.4) is 0 Å². The molecule has 0 aromatic heterocycles. The average molecular weight is 225 g/mol. The smallest absolute Gasteiger partial charge is 0.318 e. The molecule has 0 bridgehead atoms. The molecule has 1 aliphatic rings. The molecule has 1 aliphatic heterocycles. The van der Waals surface area contributed by atoms with Gasteiger partial charge in [-0.3, -0.25) is 4.79 Å². The summed E-state index contributed by atoms with van der Waals surface area (Å²) < 4.78 is 0. The third-order valence-electron chi connectivity index (χ3n) is 2.37. The Morgan fingerprint density at radius 2 is 2.25 bits per heavy atom. The van der Waals surface area contributed by atoms with Gasteiger partial charge in [-0.1, -0.05) is 6.08 Å². The fraction of sp³-hybridized carbons (Fsp3) is 0.636. The number of carbonyl (C=O) groups excluding carboxylic acids is 2. The molecule has 1 rings (SSSR count). The Kier molecular flexibility index (Phi) is 4.34. The Bertz CT molecular complexity index is 289. The fourth-order valence-electron chi connectivity index (χ4n) is 1.57. The van der Waals surface area contributed by atoms with Crippen LogP contribution in [0.15, 0.2) is 12.7 Å². The Balaban J connectivity index is 2.47. The van der Waals surface area contributed by atoms with Gasteiger partial charge in [-0.15, -0.1) is 6.58 Å². The molecule has 0 unspecified atom stereocenters. The second-order valence-corrected chi connectivity index (χ2v) is 4.15. The molecule has 1 heterocycles. The summed E-state index contributed by atoms with van der Waals surface area (Å²) in [6.45, 7) is 9.26. The van der Waals surface area contributed by atoms with Gasteiger partial charge in [0, 0.05) is 25.7 Å². The van der Waals surface area contributed by atoms with E-state index in [0.717, 1.165) is 0 Å². The molecule has 5 heteroatoms. The van der Waals surface area contributed by atoms with Crippen LogP contribution in [0.5, 0.6) is 0 Å². The van der Waals surface area contributed by atoms with E-state index in [0.29, 0.717) is 19.6 Å². The highest BCUT2D eigenvalue weighted by atomic mass is 16.2. The second kappa shape index (κ2) is 5.53. The Hall–Kier alpha value is -1.52. The summed E-state index contributed by atoms with van der Waals surface area (Å²) in [5.41, 5.74) is 0. The minimum absolute atomic E-state index is 0.0231. The van der Waals surface area contributed by atoms with Crippen molar-refractivity contribution in [1.29, 1.82) is 0 Å². The molecule has 0 aromatic rings. The molecule has 16 heavy (non-hydrogen) atoms. The van der Waals surface area contributed by atoms with Gasteiger partial charge in [0.1, 0.15) is 6.54 Å². The van der Waals surface area contributed by atoms with Crippen molar-refractivity contribution in [2.24, 2.45) is 0 Å². The number of hydrogen-bond acceptors (Lipinski definition) is 2. The van der Waals surface area contributed by atoms with Crippen LogP contribution in [0.4, 0.5) is 4.79 Å². The summed E-state index contributed by atoms with van der Waals surface area (Å²) in [5.74, 6) is -0.0231. The zero-order chi connectivity index (χ0) is 12.1. The molecule has 0 radical (unpaired) electrons. The summed E-state index contributed by atoms with van der Waals surface area (Å²) in [6.07, 6.45) is 1.70. The topological polar surface area (TPSA) is 52.6 Å². The minimum atomic E-state index is -0.165. The lowest BCUT2D eigenvalue weighted by molar-refractivity contribution is -0.134. The Morgan fingerprint density at radius 3 is 2.75 bits per heavy atom. The van der Waals surface area contributed by atoms with Crippen molar-refractivity contribution >= 4 is 11.9 Å². The number of urea groups is 1. The summed E-state index contributed by atoms with van der Waals surface area (Å²) in [6, 6.07) is -0.0737. The van der Waals surface area contributed by atoms with Gasteiger partial charge in [0.15, 0.2) is 0 Å². The van der Waals surface area contributed by atoms with E-state index in [2.05, 4.69) is 11.9 Å². The number of nitrogens with one attached hydrogen (secondary N) is 1. The van der Waals surface area contributed by atoms with Gasteiger partial charge in [0.25, 0.3) is 0 Å². The molecule has 0 saturated carbocycles. The Morgan fingerprint density at radius 1 is 1.56 bits per heavy atom. The van der Waals surface area contributed by atoms with Gasteiger partial charge in [0.2, 0.25) is 5.91 Å². The third-order valence-corrected chi connectivity index (χ3v) is 2.37. The number of carbonyl (C=O) groups is 2. The number of hydrogen-bond donors (Lipinski definition) is 1. The maximum atomic E-state index is 11.6. The first-order valence-corrected chi connectivity index (χ1v) is 5.48. The predicted molar refractivity (Wildman–Crippen MR) is 62.0 cm³/mol. The van der Waals surface area contributed by atoms with Crippen LogP contribution in [-0.2, 0) is 4.79 Å². The summed E-state index contributed by atoms with van der Waals surface area (Å²) in [7, 11) is 0. The van der Waals surface area contributed by atoms with E-state index in [1.807, 2.05) is 13.8 Å². The lowest BCUT2D eigenvalue weighted by Gasteiger charge is -2.34. The van der Waals surface area contributed by atoms with E-state index >= 15 is 0 Å². The SMILES string of the molecule is C=CCN1CCN(C(=O)NC(C)C)CC1=O. The van der Waals surface area contributed by atoms with E-state index in [4.69, 9.17) is 0 Å². The molecule has 1 saturated heterocycles. The van der Waals surface area contributed by atoms with Crippen molar-refractivity contribution in [3.05, 3.63) is 12.7 Å². The van der Waals surface area contributed by atoms with Crippen LogP contribution in [0.1, 0.15) is 13.8 Å². The first kappa shape index (κ1) is 12.5. The molecule has 0 atom stereocenters. The lowest BCUT2D eigenvalue weighted by Crippen LogP contribution is -2.55. The maximum absolute atomic E-state index is 11.6. The molecule has 1 N–H and O–H groups in total. The monoisotopic (exact) mass is 225 g/mol. The van der Waals surface area contributed by atoms with Crippen LogP contribution in [0, 0.1) is 0 Å². The molecule has 0 spiro atoms. The molecule has 0 aliphatic carbocycles. The average Bonchev–Trinajstić information content (AvgIpc) is 2.20. The fourth-order valence-corrected chi connectivity index (χ4v) is 1.57. The van der Waals surface area contributed by atoms with Crippen molar-refractivity contribution in [1.82, 2.24) is 15.1 Å². The normalized spacial score (nSPS) is 16.6. The first-order valence-electron chi connectivity index (χ1n) is 5.48. The van der Waals surface area contributed by atoms with Crippen LogP contribution >= 0.6 is 0 Å². The van der Waals surface area contributed by atoms with Crippen LogP contribution in [0.2, 0.25) is 0 Å². The van der Waals surface area contributed by atoms with Crippen molar-refractivity contribution in [3.8, 4) is 0 Å². The molecular weight excluding hydrogens is 206 g/mol. The standard InChI is InChI=1S/C11H19N3O2/c1-4-5-13-6-7-14(8-10(13)15)11(16)12-9(2)3/h4,9H,1,5-8H2,2-3H3,(H,12,16). The zero-order valence-corrected chi connectivity index (χ0v) is 9.90.